The SMILES string of the molecule is COC(=O)c1cc(S(C)(=O)=O)ccc1N1CCOCC1. The zero-order valence-corrected chi connectivity index (χ0v) is 12.3. The third kappa shape index (κ3) is 3.10. The predicted octanol–water partition coefficient (Wildman–Crippen LogP) is 0.713. The molecule has 0 saturated carbocycles. The molecule has 0 N–H and O–H groups in total. The Bertz CT molecular complexity index is 605. The molecular weight excluding hydrogens is 282 g/mol. The molecule has 0 aromatic heterocycles. The van der Waals surface area contributed by atoms with E-state index in [9.17, 15) is 13.2 Å². The lowest BCUT2D eigenvalue weighted by atomic mass is 10.1. The first-order chi connectivity index (χ1) is 9.43. The number of rotatable bonds is 3. The van der Waals surface area contributed by atoms with E-state index in [0.29, 0.717) is 32.0 Å². The maximum Gasteiger partial charge on any atom is 0.340 e. The lowest BCUT2D eigenvalue weighted by molar-refractivity contribution is 0.0600. The Morgan fingerprint density at radius 2 is 1.95 bits per heavy atom. The summed E-state index contributed by atoms with van der Waals surface area (Å²) in [7, 11) is -2.09. The Labute approximate surface area is 118 Å². The van der Waals surface area contributed by atoms with Gasteiger partial charge in [0.1, 0.15) is 0 Å². The summed E-state index contributed by atoms with van der Waals surface area (Å²) in [4.78, 5) is 14.0. The maximum absolute atomic E-state index is 11.9. The highest BCUT2D eigenvalue weighted by molar-refractivity contribution is 7.90. The number of carbonyl (C=O) groups excluding carboxylic acids is 1. The first-order valence-electron chi connectivity index (χ1n) is 6.18. The Balaban J connectivity index is 2.47. The number of ether oxygens (including phenoxy) is 2. The first-order valence-corrected chi connectivity index (χ1v) is 8.08. The second kappa shape index (κ2) is 5.80. The molecule has 1 aromatic rings. The molecule has 0 unspecified atom stereocenters. The van der Waals surface area contributed by atoms with Gasteiger partial charge in [-0.2, -0.15) is 0 Å². The van der Waals surface area contributed by atoms with E-state index in [1.807, 2.05) is 4.90 Å². The molecule has 6 nitrogen and oxygen atoms in total. The standard InChI is InChI=1S/C13H17NO5S/c1-18-13(15)11-9-10(20(2,16)17)3-4-12(11)14-5-7-19-8-6-14/h3-4,9H,5-8H2,1-2H3. The van der Waals surface area contributed by atoms with Gasteiger partial charge in [0.25, 0.3) is 0 Å². The molecule has 20 heavy (non-hydrogen) atoms. The molecule has 0 atom stereocenters. The van der Waals surface area contributed by atoms with Crippen molar-refractivity contribution in [1.82, 2.24) is 0 Å². The number of benzene rings is 1. The van der Waals surface area contributed by atoms with E-state index >= 15 is 0 Å². The largest absolute Gasteiger partial charge is 0.465 e. The molecule has 1 saturated heterocycles. The van der Waals surface area contributed by atoms with E-state index in [1.165, 1.54) is 19.2 Å². The third-order valence-electron chi connectivity index (χ3n) is 3.15. The summed E-state index contributed by atoms with van der Waals surface area (Å²) in [6, 6.07) is 4.52. The minimum Gasteiger partial charge on any atom is -0.465 e. The van der Waals surface area contributed by atoms with Crippen molar-refractivity contribution in [3.05, 3.63) is 23.8 Å². The van der Waals surface area contributed by atoms with Crippen LogP contribution in [0.1, 0.15) is 10.4 Å². The summed E-state index contributed by atoms with van der Waals surface area (Å²) in [6.07, 6.45) is 1.11. The zero-order valence-electron chi connectivity index (χ0n) is 11.5. The lowest BCUT2D eigenvalue weighted by Gasteiger charge is -2.30. The molecule has 1 aliphatic heterocycles. The van der Waals surface area contributed by atoms with Gasteiger partial charge in [-0.3, -0.25) is 0 Å². The van der Waals surface area contributed by atoms with Gasteiger partial charge in [-0.1, -0.05) is 0 Å². The number of hydrogen-bond acceptors (Lipinski definition) is 6. The molecule has 110 valence electrons. The molecule has 1 aromatic carbocycles. The molecule has 1 aliphatic rings. The predicted molar refractivity (Wildman–Crippen MR) is 73.9 cm³/mol. The van der Waals surface area contributed by atoms with Crippen LogP contribution in [0.5, 0.6) is 0 Å². The van der Waals surface area contributed by atoms with Gasteiger partial charge < -0.3 is 14.4 Å². The molecule has 0 aliphatic carbocycles. The maximum atomic E-state index is 11.9. The van der Waals surface area contributed by atoms with E-state index in [-0.39, 0.29) is 10.5 Å². The average Bonchev–Trinajstić information content (AvgIpc) is 2.45. The molecule has 0 radical (unpaired) electrons. The third-order valence-corrected chi connectivity index (χ3v) is 4.26. The molecule has 1 fully saturated rings. The van der Waals surface area contributed by atoms with Crippen LogP contribution in [0.3, 0.4) is 0 Å². The highest BCUT2D eigenvalue weighted by Crippen LogP contribution is 2.25. The number of nitrogens with zero attached hydrogens (tertiary/aromatic N) is 1. The summed E-state index contributed by atoms with van der Waals surface area (Å²) >= 11 is 0. The van der Waals surface area contributed by atoms with E-state index in [0.717, 1.165) is 6.26 Å². The molecule has 0 amide bonds. The number of hydrogen-bond donors (Lipinski definition) is 0. The Kier molecular flexibility index (Phi) is 4.29. The number of carbonyl (C=O) groups is 1. The van der Waals surface area contributed by atoms with Crippen molar-refractivity contribution in [1.29, 1.82) is 0 Å². The number of anilines is 1. The van der Waals surface area contributed by atoms with Crippen molar-refractivity contribution in [2.24, 2.45) is 0 Å². The van der Waals surface area contributed by atoms with Crippen LogP contribution < -0.4 is 4.90 Å². The van der Waals surface area contributed by atoms with Crippen LogP contribution >= 0.6 is 0 Å². The van der Waals surface area contributed by atoms with Crippen LogP contribution in [0.25, 0.3) is 0 Å². The fraction of sp³-hybridized carbons (Fsp3) is 0.462. The van der Waals surface area contributed by atoms with Crippen molar-refractivity contribution in [3.63, 3.8) is 0 Å². The van der Waals surface area contributed by atoms with Gasteiger partial charge in [0, 0.05) is 19.3 Å². The topological polar surface area (TPSA) is 72.9 Å². The summed E-state index contributed by atoms with van der Waals surface area (Å²) in [5.41, 5.74) is 0.935. The number of esters is 1. The second-order valence-corrected chi connectivity index (χ2v) is 6.56. The lowest BCUT2D eigenvalue weighted by Crippen LogP contribution is -2.37. The Morgan fingerprint density at radius 1 is 1.30 bits per heavy atom. The van der Waals surface area contributed by atoms with Crippen LogP contribution in [-0.4, -0.2) is 54.1 Å². The molecule has 1 heterocycles. The second-order valence-electron chi connectivity index (χ2n) is 4.54. The van der Waals surface area contributed by atoms with Crippen LogP contribution in [0.2, 0.25) is 0 Å². The van der Waals surface area contributed by atoms with Crippen LogP contribution in [-0.2, 0) is 19.3 Å². The van der Waals surface area contributed by atoms with Gasteiger partial charge in [-0.15, -0.1) is 0 Å². The quantitative estimate of drug-likeness (QED) is 0.766. The van der Waals surface area contributed by atoms with Crippen molar-refractivity contribution < 1.29 is 22.7 Å². The highest BCUT2D eigenvalue weighted by Gasteiger charge is 2.21. The number of methoxy groups -OCH3 is 1. The van der Waals surface area contributed by atoms with E-state index in [4.69, 9.17) is 9.47 Å². The summed E-state index contributed by atoms with van der Waals surface area (Å²) in [5, 5.41) is 0. The van der Waals surface area contributed by atoms with Crippen molar-refractivity contribution in [2.45, 2.75) is 4.90 Å². The molecular formula is C13H17NO5S. The Hall–Kier alpha value is -1.60. The average molecular weight is 299 g/mol. The van der Waals surface area contributed by atoms with Crippen molar-refractivity contribution >= 4 is 21.5 Å². The summed E-state index contributed by atoms with van der Waals surface area (Å²) < 4.78 is 33.2. The van der Waals surface area contributed by atoms with Crippen molar-refractivity contribution in [2.75, 3.05) is 44.6 Å². The fourth-order valence-corrected chi connectivity index (χ4v) is 2.75. The molecule has 0 bridgehead atoms. The van der Waals surface area contributed by atoms with Gasteiger partial charge in [-0.05, 0) is 18.2 Å². The van der Waals surface area contributed by atoms with Gasteiger partial charge >= 0.3 is 5.97 Å². The highest BCUT2D eigenvalue weighted by atomic mass is 32.2. The van der Waals surface area contributed by atoms with Gasteiger partial charge in [0.15, 0.2) is 9.84 Å². The normalized spacial score (nSPS) is 16.0. The van der Waals surface area contributed by atoms with Gasteiger partial charge in [-0.25, -0.2) is 13.2 Å². The van der Waals surface area contributed by atoms with E-state index in [2.05, 4.69) is 0 Å². The minimum absolute atomic E-state index is 0.106. The van der Waals surface area contributed by atoms with E-state index < -0.39 is 15.8 Å². The zero-order chi connectivity index (χ0) is 14.8. The summed E-state index contributed by atoms with van der Waals surface area (Å²) in [6.45, 7) is 2.47. The van der Waals surface area contributed by atoms with Crippen LogP contribution in [0, 0.1) is 0 Å². The minimum atomic E-state index is -3.37. The van der Waals surface area contributed by atoms with Crippen molar-refractivity contribution in [3.8, 4) is 0 Å². The first kappa shape index (κ1) is 14.8. The molecule has 7 heteroatoms. The Morgan fingerprint density at radius 3 is 2.50 bits per heavy atom. The molecule has 2 rings (SSSR count). The monoisotopic (exact) mass is 299 g/mol. The molecule has 0 spiro atoms. The van der Waals surface area contributed by atoms with Crippen LogP contribution in [0.15, 0.2) is 23.1 Å². The summed E-state index contributed by atoms with van der Waals surface area (Å²) in [5.74, 6) is -0.544. The van der Waals surface area contributed by atoms with Crippen LogP contribution in [0.4, 0.5) is 5.69 Å². The number of morpholine rings is 1. The number of sulfone groups is 1. The van der Waals surface area contributed by atoms with E-state index in [1.54, 1.807) is 6.07 Å². The fourth-order valence-electron chi connectivity index (χ4n) is 2.10. The van der Waals surface area contributed by atoms with Gasteiger partial charge in [0.05, 0.1) is 36.5 Å². The smallest absolute Gasteiger partial charge is 0.340 e. The van der Waals surface area contributed by atoms with Gasteiger partial charge in [0.2, 0.25) is 0 Å².